The minimum Gasteiger partial charge on any atom is -0.310 e. The van der Waals surface area contributed by atoms with E-state index in [2.05, 4.69) is 20.3 Å². The van der Waals surface area contributed by atoms with Crippen LogP contribution in [0.4, 0.5) is 0 Å². The lowest BCUT2D eigenvalue weighted by molar-refractivity contribution is 0.561. The van der Waals surface area contributed by atoms with E-state index < -0.39 is 0 Å². The SMILES string of the molecule is Cc1nc(C)c(C(C)NCc2nccs2)c(=O)[nH]1. The minimum atomic E-state index is -0.0702. The lowest BCUT2D eigenvalue weighted by atomic mass is 10.1. The molecule has 2 rings (SSSR count). The van der Waals surface area contributed by atoms with Gasteiger partial charge in [-0.1, -0.05) is 0 Å². The van der Waals surface area contributed by atoms with Crippen LogP contribution in [0.15, 0.2) is 16.4 Å². The Morgan fingerprint density at radius 1 is 1.50 bits per heavy atom. The molecular weight excluding hydrogens is 248 g/mol. The summed E-state index contributed by atoms with van der Waals surface area (Å²) >= 11 is 1.60. The molecule has 0 saturated heterocycles. The highest BCUT2D eigenvalue weighted by Gasteiger charge is 2.14. The first-order chi connectivity index (χ1) is 8.58. The van der Waals surface area contributed by atoms with Crippen molar-refractivity contribution in [3.05, 3.63) is 44.0 Å². The van der Waals surface area contributed by atoms with Crippen molar-refractivity contribution in [3.63, 3.8) is 0 Å². The van der Waals surface area contributed by atoms with E-state index in [0.29, 0.717) is 17.9 Å². The number of hydrogen-bond acceptors (Lipinski definition) is 5. The molecule has 2 heterocycles. The van der Waals surface area contributed by atoms with Crippen LogP contribution in [0, 0.1) is 13.8 Å². The summed E-state index contributed by atoms with van der Waals surface area (Å²) < 4.78 is 0. The van der Waals surface area contributed by atoms with E-state index >= 15 is 0 Å². The van der Waals surface area contributed by atoms with Gasteiger partial charge in [-0.3, -0.25) is 4.79 Å². The van der Waals surface area contributed by atoms with Crippen LogP contribution in [0.2, 0.25) is 0 Å². The topological polar surface area (TPSA) is 70.7 Å². The fraction of sp³-hybridized carbons (Fsp3) is 0.417. The summed E-state index contributed by atoms with van der Waals surface area (Å²) in [6, 6.07) is -0.0502. The average Bonchev–Trinajstić information content (AvgIpc) is 2.77. The average molecular weight is 264 g/mol. The molecule has 0 spiro atoms. The maximum atomic E-state index is 11.9. The first-order valence-electron chi connectivity index (χ1n) is 5.77. The Kier molecular flexibility index (Phi) is 3.88. The van der Waals surface area contributed by atoms with Gasteiger partial charge in [-0.15, -0.1) is 11.3 Å². The molecule has 1 unspecified atom stereocenters. The van der Waals surface area contributed by atoms with Gasteiger partial charge in [-0.25, -0.2) is 9.97 Å². The van der Waals surface area contributed by atoms with E-state index in [4.69, 9.17) is 0 Å². The molecule has 1 atom stereocenters. The van der Waals surface area contributed by atoms with Crippen molar-refractivity contribution in [2.75, 3.05) is 0 Å². The van der Waals surface area contributed by atoms with Gasteiger partial charge >= 0.3 is 0 Å². The smallest absolute Gasteiger partial charge is 0.255 e. The molecule has 2 aromatic heterocycles. The molecule has 0 radical (unpaired) electrons. The second-order valence-corrected chi connectivity index (χ2v) is 5.16. The highest BCUT2D eigenvalue weighted by atomic mass is 32.1. The van der Waals surface area contributed by atoms with E-state index in [0.717, 1.165) is 10.7 Å². The summed E-state index contributed by atoms with van der Waals surface area (Å²) in [5.74, 6) is 0.647. The van der Waals surface area contributed by atoms with Crippen molar-refractivity contribution in [1.29, 1.82) is 0 Å². The van der Waals surface area contributed by atoms with Gasteiger partial charge in [0.25, 0.3) is 5.56 Å². The van der Waals surface area contributed by atoms with Crippen LogP contribution in [0.3, 0.4) is 0 Å². The molecule has 0 aliphatic heterocycles. The lowest BCUT2D eigenvalue weighted by Crippen LogP contribution is -2.27. The van der Waals surface area contributed by atoms with Crippen molar-refractivity contribution in [3.8, 4) is 0 Å². The molecule has 2 N–H and O–H groups in total. The Morgan fingerprint density at radius 2 is 2.28 bits per heavy atom. The zero-order chi connectivity index (χ0) is 13.1. The zero-order valence-electron chi connectivity index (χ0n) is 10.7. The van der Waals surface area contributed by atoms with Crippen LogP contribution in [-0.2, 0) is 6.54 Å². The van der Waals surface area contributed by atoms with Crippen molar-refractivity contribution in [2.45, 2.75) is 33.4 Å². The van der Waals surface area contributed by atoms with Gasteiger partial charge in [0.15, 0.2) is 0 Å². The number of aromatic amines is 1. The van der Waals surface area contributed by atoms with Gasteiger partial charge in [0, 0.05) is 29.9 Å². The first-order valence-corrected chi connectivity index (χ1v) is 6.65. The predicted molar refractivity (Wildman–Crippen MR) is 71.7 cm³/mol. The van der Waals surface area contributed by atoms with Gasteiger partial charge in [0.2, 0.25) is 0 Å². The van der Waals surface area contributed by atoms with Crippen molar-refractivity contribution >= 4 is 11.3 Å². The predicted octanol–water partition coefficient (Wildman–Crippen LogP) is 1.69. The molecule has 2 aromatic rings. The molecule has 0 saturated carbocycles. The Morgan fingerprint density at radius 3 is 2.89 bits per heavy atom. The molecule has 0 fully saturated rings. The van der Waals surface area contributed by atoms with E-state index in [1.807, 2.05) is 19.2 Å². The largest absolute Gasteiger partial charge is 0.310 e. The molecule has 0 aliphatic rings. The Bertz CT molecular complexity index is 576. The van der Waals surface area contributed by atoms with Gasteiger partial charge in [-0.2, -0.15) is 0 Å². The van der Waals surface area contributed by atoms with Gasteiger partial charge in [0.05, 0.1) is 5.56 Å². The fourth-order valence-electron chi connectivity index (χ4n) is 1.93. The normalized spacial score (nSPS) is 12.6. The van der Waals surface area contributed by atoms with Gasteiger partial charge in [0.1, 0.15) is 10.8 Å². The second-order valence-electron chi connectivity index (χ2n) is 4.18. The molecule has 18 heavy (non-hydrogen) atoms. The standard InChI is InChI=1S/C12H16N4OS/c1-7(14-6-10-13-4-5-18-10)11-8(2)15-9(3)16-12(11)17/h4-5,7,14H,6H2,1-3H3,(H,15,16,17). The van der Waals surface area contributed by atoms with Gasteiger partial charge < -0.3 is 10.3 Å². The molecule has 0 bridgehead atoms. The van der Waals surface area contributed by atoms with Crippen molar-refractivity contribution in [1.82, 2.24) is 20.3 Å². The molecule has 6 heteroatoms. The maximum absolute atomic E-state index is 11.9. The van der Waals surface area contributed by atoms with E-state index in [9.17, 15) is 4.79 Å². The quantitative estimate of drug-likeness (QED) is 0.881. The monoisotopic (exact) mass is 264 g/mol. The van der Waals surface area contributed by atoms with Crippen LogP contribution in [0.25, 0.3) is 0 Å². The van der Waals surface area contributed by atoms with Crippen LogP contribution < -0.4 is 10.9 Å². The summed E-state index contributed by atoms with van der Waals surface area (Å²) in [7, 11) is 0. The third-order valence-electron chi connectivity index (χ3n) is 2.74. The number of hydrogen-bond donors (Lipinski definition) is 2. The third kappa shape index (κ3) is 2.83. The highest BCUT2D eigenvalue weighted by Crippen LogP contribution is 2.12. The molecule has 96 valence electrons. The summed E-state index contributed by atoms with van der Waals surface area (Å²) in [4.78, 5) is 23.1. The minimum absolute atomic E-state index is 0.0502. The summed E-state index contributed by atoms with van der Waals surface area (Å²) in [6.07, 6.45) is 1.78. The number of rotatable bonds is 4. The number of H-pyrrole nitrogens is 1. The van der Waals surface area contributed by atoms with Crippen molar-refractivity contribution < 1.29 is 0 Å². The third-order valence-corrected chi connectivity index (χ3v) is 3.52. The Balaban J connectivity index is 2.14. The van der Waals surface area contributed by atoms with E-state index in [-0.39, 0.29) is 11.6 Å². The number of aryl methyl sites for hydroxylation is 2. The maximum Gasteiger partial charge on any atom is 0.255 e. The van der Waals surface area contributed by atoms with Crippen LogP contribution in [0.1, 0.15) is 35.1 Å². The number of nitrogens with zero attached hydrogens (tertiary/aromatic N) is 2. The fourth-order valence-corrected chi connectivity index (χ4v) is 2.50. The molecule has 5 nitrogen and oxygen atoms in total. The highest BCUT2D eigenvalue weighted by molar-refractivity contribution is 7.09. The second kappa shape index (κ2) is 5.41. The number of nitrogens with one attached hydrogen (secondary N) is 2. The molecular formula is C12H16N4OS. The Labute approximate surface area is 109 Å². The van der Waals surface area contributed by atoms with Crippen molar-refractivity contribution in [2.24, 2.45) is 0 Å². The van der Waals surface area contributed by atoms with E-state index in [1.165, 1.54) is 0 Å². The number of thiazole rings is 1. The summed E-state index contributed by atoms with van der Waals surface area (Å²) in [5, 5.41) is 6.24. The van der Waals surface area contributed by atoms with Crippen LogP contribution in [0.5, 0.6) is 0 Å². The number of aromatic nitrogens is 3. The first kappa shape index (κ1) is 12.9. The molecule has 0 amide bonds. The lowest BCUT2D eigenvalue weighted by Gasteiger charge is -2.14. The molecule has 0 aromatic carbocycles. The van der Waals surface area contributed by atoms with Gasteiger partial charge in [-0.05, 0) is 20.8 Å². The summed E-state index contributed by atoms with van der Waals surface area (Å²) in [6.45, 7) is 6.26. The zero-order valence-corrected chi connectivity index (χ0v) is 11.5. The van der Waals surface area contributed by atoms with E-state index in [1.54, 1.807) is 24.5 Å². The van der Waals surface area contributed by atoms with Crippen LogP contribution >= 0.6 is 11.3 Å². The molecule has 0 aliphatic carbocycles. The van der Waals surface area contributed by atoms with Crippen LogP contribution in [-0.4, -0.2) is 15.0 Å². The Hall–Kier alpha value is -1.53. The summed E-state index contributed by atoms with van der Waals surface area (Å²) in [5.41, 5.74) is 1.40.